The van der Waals surface area contributed by atoms with E-state index in [1.807, 2.05) is 36.4 Å². The second kappa shape index (κ2) is 7.47. The van der Waals surface area contributed by atoms with E-state index in [2.05, 4.69) is 21.2 Å². The molecule has 2 aromatic rings. The third-order valence-corrected chi connectivity index (χ3v) is 4.93. The predicted octanol–water partition coefficient (Wildman–Crippen LogP) is 4.70. The number of thioether (sulfide) groups is 1. The van der Waals surface area contributed by atoms with Gasteiger partial charge in [0.05, 0.1) is 10.8 Å². The Morgan fingerprint density at radius 2 is 2.04 bits per heavy atom. The lowest BCUT2D eigenvalue weighted by molar-refractivity contribution is -0.113. The smallest absolute Gasteiger partial charge is 0.234 e. The minimum absolute atomic E-state index is 0.0378. The van der Waals surface area contributed by atoms with Crippen LogP contribution in [0.2, 0.25) is 5.02 Å². The van der Waals surface area contributed by atoms with E-state index < -0.39 is 0 Å². The summed E-state index contributed by atoms with van der Waals surface area (Å²) in [4.78, 5) is 11.9. The van der Waals surface area contributed by atoms with Crippen LogP contribution in [-0.4, -0.2) is 18.5 Å². The van der Waals surface area contributed by atoms with Crippen molar-refractivity contribution >= 4 is 50.9 Å². The first-order valence-corrected chi connectivity index (χ1v) is 9.15. The maximum atomic E-state index is 11.9. The molecule has 3 rings (SSSR count). The van der Waals surface area contributed by atoms with Gasteiger partial charge in [0.2, 0.25) is 12.7 Å². The fourth-order valence-electron chi connectivity index (χ4n) is 2.10. The van der Waals surface area contributed by atoms with Gasteiger partial charge in [0.25, 0.3) is 0 Å². The first kappa shape index (κ1) is 16.5. The van der Waals surface area contributed by atoms with Crippen LogP contribution < -0.4 is 14.8 Å². The molecule has 0 bridgehead atoms. The second-order valence-electron chi connectivity index (χ2n) is 4.86. The second-order valence-corrected chi connectivity index (χ2v) is 7.17. The highest BCUT2D eigenvalue weighted by Gasteiger charge is 2.18. The number of anilines is 1. The average molecular weight is 415 g/mol. The third kappa shape index (κ3) is 4.34. The number of carbonyl (C=O) groups excluding carboxylic acids is 1. The van der Waals surface area contributed by atoms with Crippen molar-refractivity contribution in [3.63, 3.8) is 0 Å². The molecule has 1 aliphatic rings. The minimum Gasteiger partial charge on any atom is -0.454 e. The van der Waals surface area contributed by atoms with E-state index in [0.29, 0.717) is 28.0 Å². The quantitative estimate of drug-likeness (QED) is 0.770. The zero-order chi connectivity index (χ0) is 16.2. The molecule has 1 heterocycles. The fraction of sp³-hybridized carbons (Fsp3) is 0.188. The molecule has 0 saturated heterocycles. The van der Waals surface area contributed by atoms with Crippen molar-refractivity contribution in [2.24, 2.45) is 0 Å². The SMILES string of the molecule is O=C(CSCc1cc(Cl)c2c(c1)OCO2)Nc1ccc(Br)cc1. The van der Waals surface area contributed by atoms with E-state index in [1.165, 1.54) is 11.8 Å². The molecule has 1 N–H and O–H groups in total. The Hall–Kier alpha value is -1.37. The summed E-state index contributed by atoms with van der Waals surface area (Å²) in [6.07, 6.45) is 0. The maximum absolute atomic E-state index is 11.9. The molecule has 1 aliphatic heterocycles. The molecule has 0 unspecified atom stereocenters. The highest BCUT2D eigenvalue weighted by molar-refractivity contribution is 9.10. The lowest BCUT2D eigenvalue weighted by Gasteiger charge is -2.07. The van der Waals surface area contributed by atoms with Crippen molar-refractivity contribution < 1.29 is 14.3 Å². The standard InChI is InChI=1S/C16H13BrClNO3S/c17-11-1-3-12(4-2-11)19-15(20)8-23-7-10-5-13(18)16-14(6-10)21-9-22-16/h1-6H,7-9H2,(H,19,20). The van der Waals surface area contributed by atoms with E-state index >= 15 is 0 Å². The molecule has 0 fully saturated rings. The number of hydrogen-bond acceptors (Lipinski definition) is 4. The van der Waals surface area contributed by atoms with Gasteiger partial charge < -0.3 is 14.8 Å². The van der Waals surface area contributed by atoms with Crippen LogP contribution in [-0.2, 0) is 10.5 Å². The Kier molecular flexibility index (Phi) is 5.35. The van der Waals surface area contributed by atoms with Gasteiger partial charge in [0.1, 0.15) is 0 Å². The molecule has 0 aliphatic carbocycles. The van der Waals surface area contributed by atoms with Gasteiger partial charge >= 0.3 is 0 Å². The Balaban J connectivity index is 1.50. The van der Waals surface area contributed by atoms with Crippen LogP contribution in [0.3, 0.4) is 0 Å². The molecule has 23 heavy (non-hydrogen) atoms. The summed E-state index contributed by atoms with van der Waals surface area (Å²) in [7, 11) is 0. The molecule has 0 aromatic heterocycles. The molecule has 2 aromatic carbocycles. The molecular weight excluding hydrogens is 402 g/mol. The summed E-state index contributed by atoms with van der Waals surface area (Å²) in [6, 6.07) is 11.2. The van der Waals surface area contributed by atoms with Crippen LogP contribution in [0.4, 0.5) is 5.69 Å². The summed E-state index contributed by atoms with van der Waals surface area (Å²) in [5.74, 6) is 2.25. The van der Waals surface area contributed by atoms with Crippen LogP contribution in [0.5, 0.6) is 11.5 Å². The number of rotatable bonds is 5. The molecular formula is C16H13BrClNO3S. The van der Waals surface area contributed by atoms with Crippen LogP contribution in [0, 0.1) is 0 Å². The largest absolute Gasteiger partial charge is 0.454 e. The molecule has 1 amide bonds. The summed E-state index contributed by atoms with van der Waals surface area (Å²) in [5, 5.41) is 3.39. The molecule has 0 spiro atoms. The van der Waals surface area contributed by atoms with Crippen LogP contribution in [0.25, 0.3) is 0 Å². The Morgan fingerprint density at radius 1 is 1.26 bits per heavy atom. The highest BCUT2D eigenvalue weighted by Crippen LogP contribution is 2.40. The summed E-state index contributed by atoms with van der Waals surface area (Å²) < 4.78 is 11.6. The Morgan fingerprint density at radius 3 is 2.83 bits per heavy atom. The molecule has 4 nitrogen and oxygen atoms in total. The Labute approximate surface area is 151 Å². The van der Waals surface area contributed by atoms with Gasteiger partial charge in [-0.15, -0.1) is 11.8 Å². The van der Waals surface area contributed by atoms with E-state index in [9.17, 15) is 4.79 Å². The summed E-state index contributed by atoms with van der Waals surface area (Å²) >= 11 is 11.0. The van der Waals surface area contributed by atoms with Gasteiger partial charge in [0, 0.05) is 15.9 Å². The number of fused-ring (bicyclic) bond motifs is 1. The number of hydrogen-bond donors (Lipinski definition) is 1. The summed E-state index contributed by atoms with van der Waals surface area (Å²) in [5.41, 5.74) is 1.78. The zero-order valence-corrected chi connectivity index (χ0v) is 15.1. The van der Waals surface area contributed by atoms with Crippen molar-refractivity contribution in [3.8, 4) is 11.5 Å². The highest BCUT2D eigenvalue weighted by atomic mass is 79.9. The number of benzene rings is 2. The number of nitrogens with one attached hydrogen (secondary N) is 1. The van der Waals surface area contributed by atoms with Gasteiger partial charge in [-0.2, -0.15) is 0 Å². The van der Waals surface area contributed by atoms with Gasteiger partial charge in [-0.1, -0.05) is 27.5 Å². The molecule has 120 valence electrons. The number of carbonyl (C=O) groups is 1. The lowest BCUT2D eigenvalue weighted by Crippen LogP contribution is -2.14. The van der Waals surface area contributed by atoms with Gasteiger partial charge in [-0.25, -0.2) is 0 Å². The maximum Gasteiger partial charge on any atom is 0.234 e. The number of amides is 1. The molecule has 0 saturated carbocycles. The third-order valence-electron chi connectivity index (χ3n) is 3.12. The lowest BCUT2D eigenvalue weighted by atomic mass is 10.2. The molecule has 0 radical (unpaired) electrons. The van der Waals surface area contributed by atoms with Crippen molar-refractivity contribution in [2.45, 2.75) is 5.75 Å². The Bertz CT molecular complexity index is 724. The summed E-state index contributed by atoms with van der Waals surface area (Å²) in [6.45, 7) is 0.196. The normalized spacial score (nSPS) is 12.3. The van der Waals surface area contributed by atoms with E-state index in [1.54, 1.807) is 0 Å². The monoisotopic (exact) mass is 413 g/mol. The van der Waals surface area contributed by atoms with Crippen molar-refractivity contribution in [3.05, 3.63) is 51.5 Å². The van der Waals surface area contributed by atoms with Crippen LogP contribution in [0.15, 0.2) is 40.9 Å². The number of halogens is 2. The van der Waals surface area contributed by atoms with Gasteiger partial charge in [-0.3, -0.25) is 4.79 Å². The first-order chi connectivity index (χ1) is 11.1. The van der Waals surface area contributed by atoms with Crippen LogP contribution in [0.1, 0.15) is 5.56 Å². The van der Waals surface area contributed by atoms with Crippen molar-refractivity contribution in [2.75, 3.05) is 17.9 Å². The van der Waals surface area contributed by atoms with Gasteiger partial charge in [0.15, 0.2) is 11.5 Å². The molecule has 0 atom stereocenters. The first-order valence-electron chi connectivity index (χ1n) is 6.83. The van der Waals surface area contributed by atoms with Crippen LogP contribution >= 0.6 is 39.3 Å². The van der Waals surface area contributed by atoms with Gasteiger partial charge in [-0.05, 0) is 42.0 Å². The van der Waals surface area contributed by atoms with E-state index in [-0.39, 0.29) is 12.7 Å². The minimum atomic E-state index is -0.0378. The average Bonchev–Trinajstić information content (AvgIpc) is 2.99. The topological polar surface area (TPSA) is 47.6 Å². The van der Waals surface area contributed by atoms with Crippen molar-refractivity contribution in [1.29, 1.82) is 0 Å². The van der Waals surface area contributed by atoms with E-state index in [0.717, 1.165) is 15.7 Å². The zero-order valence-electron chi connectivity index (χ0n) is 12.0. The van der Waals surface area contributed by atoms with E-state index in [4.69, 9.17) is 21.1 Å². The fourth-order valence-corrected chi connectivity index (χ4v) is 3.41. The molecule has 7 heteroatoms. The number of ether oxygens (including phenoxy) is 2. The van der Waals surface area contributed by atoms with Crippen molar-refractivity contribution in [1.82, 2.24) is 0 Å². The predicted molar refractivity (Wildman–Crippen MR) is 96.5 cm³/mol.